The van der Waals surface area contributed by atoms with Gasteiger partial charge in [-0.25, -0.2) is 0 Å². The zero-order valence-corrected chi connectivity index (χ0v) is 8.61. The van der Waals surface area contributed by atoms with E-state index in [1.165, 1.54) is 23.3 Å². The Hall–Kier alpha value is -1.41. The van der Waals surface area contributed by atoms with Gasteiger partial charge in [0, 0.05) is 24.4 Å². The molecule has 0 amide bonds. The first kappa shape index (κ1) is 8.86. The molecule has 2 heterocycles. The first-order valence-corrected chi connectivity index (χ1v) is 5.48. The van der Waals surface area contributed by atoms with Gasteiger partial charge in [0.25, 0.3) is 0 Å². The lowest BCUT2D eigenvalue weighted by molar-refractivity contribution is 0.620. The van der Waals surface area contributed by atoms with Gasteiger partial charge in [-0.2, -0.15) is 0 Å². The molecular weight excluding hydrogens is 184 g/mol. The molecule has 2 aliphatic heterocycles. The SMILES string of the molecule is C1=C(c2ccccc2)[C@@H]2CCNCC2=N1. The molecule has 0 bridgehead atoms. The van der Waals surface area contributed by atoms with Gasteiger partial charge in [-0.05, 0) is 24.1 Å². The molecule has 1 fully saturated rings. The Kier molecular flexibility index (Phi) is 2.14. The molecule has 0 aromatic heterocycles. The van der Waals surface area contributed by atoms with Crippen molar-refractivity contribution >= 4 is 11.3 Å². The molecule has 2 heteroatoms. The van der Waals surface area contributed by atoms with Gasteiger partial charge in [-0.1, -0.05) is 30.3 Å². The van der Waals surface area contributed by atoms with Crippen molar-refractivity contribution in [1.82, 2.24) is 5.32 Å². The van der Waals surface area contributed by atoms with E-state index >= 15 is 0 Å². The van der Waals surface area contributed by atoms with Crippen LogP contribution in [0.3, 0.4) is 0 Å². The van der Waals surface area contributed by atoms with Crippen LogP contribution in [0.15, 0.2) is 41.5 Å². The molecule has 3 rings (SSSR count). The third kappa shape index (κ3) is 1.51. The fraction of sp³-hybridized carbons (Fsp3) is 0.308. The van der Waals surface area contributed by atoms with Crippen molar-refractivity contribution in [1.29, 1.82) is 0 Å². The van der Waals surface area contributed by atoms with Crippen LogP contribution in [-0.2, 0) is 0 Å². The monoisotopic (exact) mass is 198 g/mol. The van der Waals surface area contributed by atoms with Crippen LogP contribution in [0.1, 0.15) is 12.0 Å². The van der Waals surface area contributed by atoms with Crippen LogP contribution in [0.25, 0.3) is 5.57 Å². The predicted molar refractivity (Wildman–Crippen MR) is 62.8 cm³/mol. The molecule has 1 saturated heterocycles. The molecule has 0 radical (unpaired) electrons. The minimum atomic E-state index is 0.564. The number of hydrogen-bond acceptors (Lipinski definition) is 2. The highest BCUT2D eigenvalue weighted by atomic mass is 14.9. The summed E-state index contributed by atoms with van der Waals surface area (Å²) in [7, 11) is 0. The van der Waals surface area contributed by atoms with Crippen molar-refractivity contribution in [3.05, 3.63) is 42.1 Å². The van der Waals surface area contributed by atoms with Gasteiger partial charge in [-0.15, -0.1) is 0 Å². The molecule has 1 atom stereocenters. The van der Waals surface area contributed by atoms with E-state index < -0.39 is 0 Å². The fourth-order valence-corrected chi connectivity index (χ4v) is 2.37. The molecule has 1 aromatic carbocycles. The lowest BCUT2D eigenvalue weighted by Crippen LogP contribution is -2.35. The first-order valence-electron chi connectivity index (χ1n) is 5.48. The highest BCUT2D eigenvalue weighted by Crippen LogP contribution is 2.32. The normalized spacial score (nSPS) is 24.4. The summed E-state index contributed by atoms with van der Waals surface area (Å²) >= 11 is 0. The lowest BCUT2D eigenvalue weighted by atomic mass is 9.86. The Bertz CT molecular complexity index is 417. The van der Waals surface area contributed by atoms with Crippen LogP contribution in [0.4, 0.5) is 0 Å². The van der Waals surface area contributed by atoms with Crippen molar-refractivity contribution in [2.75, 3.05) is 13.1 Å². The molecule has 2 nitrogen and oxygen atoms in total. The number of nitrogens with zero attached hydrogens (tertiary/aromatic N) is 1. The van der Waals surface area contributed by atoms with Gasteiger partial charge in [-0.3, -0.25) is 4.99 Å². The van der Waals surface area contributed by atoms with E-state index in [0.717, 1.165) is 13.1 Å². The smallest absolute Gasteiger partial charge is 0.0393 e. The van der Waals surface area contributed by atoms with Crippen molar-refractivity contribution in [3.63, 3.8) is 0 Å². The number of aliphatic imine (C=N–C) groups is 1. The van der Waals surface area contributed by atoms with Crippen molar-refractivity contribution in [3.8, 4) is 0 Å². The van der Waals surface area contributed by atoms with Crippen molar-refractivity contribution in [2.24, 2.45) is 10.9 Å². The Morgan fingerprint density at radius 3 is 2.93 bits per heavy atom. The summed E-state index contributed by atoms with van der Waals surface area (Å²) in [5.41, 5.74) is 4.02. The van der Waals surface area contributed by atoms with E-state index in [4.69, 9.17) is 0 Å². The van der Waals surface area contributed by atoms with E-state index in [-0.39, 0.29) is 0 Å². The molecule has 1 aromatic rings. The second-order valence-electron chi connectivity index (χ2n) is 4.09. The first-order chi connectivity index (χ1) is 7.45. The third-order valence-corrected chi connectivity index (χ3v) is 3.17. The number of hydrogen-bond donors (Lipinski definition) is 1. The molecule has 0 spiro atoms. The second-order valence-corrected chi connectivity index (χ2v) is 4.09. The summed E-state index contributed by atoms with van der Waals surface area (Å²) in [6.07, 6.45) is 3.22. The molecular formula is C13H14N2. The molecule has 2 aliphatic rings. The Morgan fingerprint density at radius 2 is 2.07 bits per heavy atom. The zero-order valence-electron chi connectivity index (χ0n) is 8.61. The number of piperidine rings is 1. The van der Waals surface area contributed by atoms with Gasteiger partial charge in [0.15, 0.2) is 0 Å². The Labute approximate surface area is 89.7 Å². The summed E-state index contributed by atoms with van der Waals surface area (Å²) in [6, 6.07) is 10.6. The summed E-state index contributed by atoms with van der Waals surface area (Å²) in [4.78, 5) is 4.51. The number of nitrogens with one attached hydrogen (secondary N) is 1. The highest BCUT2D eigenvalue weighted by molar-refractivity contribution is 6.02. The van der Waals surface area contributed by atoms with Crippen LogP contribution < -0.4 is 5.32 Å². The maximum Gasteiger partial charge on any atom is 0.0393 e. The molecule has 1 N–H and O–H groups in total. The number of benzene rings is 1. The Morgan fingerprint density at radius 1 is 1.20 bits per heavy atom. The molecule has 0 saturated carbocycles. The average Bonchev–Trinajstić information content (AvgIpc) is 2.74. The highest BCUT2D eigenvalue weighted by Gasteiger charge is 2.27. The molecule has 0 aliphatic carbocycles. The number of fused-ring (bicyclic) bond motifs is 1. The lowest BCUT2D eigenvalue weighted by Gasteiger charge is -2.23. The van der Waals surface area contributed by atoms with E-state index in [2.05, 4.69) is 40.6 Å². The molecule has 0 unspecified atom stereocenters. The van der Waals surface area contributed by atoms with Gasteiger partial charge < -0.3 is 5.32 Å². The summed E-state index contributed by atoms with van der Waals surface area (Å²) in [6.45, 7) is 2.06. The van der Waals surface area contributed by atoms with E-state index in [1.54, 1.807) is 0 Å². The van der Waals surface area contributed by atoms with Gasteiger partial charge >= 0.3 is 0 Å². The summed E-state index contributed by atoms with van der Waals surface area (Å²) in [5, 5.41) is 3.36. The Balaban J connectivity index is 1.91. The topological polar surface area (TPSA) is 24.4 Å². The van der Waals surface area contributed by atoms with Crippen LogP contribution >= 0.6 is 0 Å². The van der Waals surface area contributed by atoms with Crippen LogP contribution in [-0.4, -0.2) is 18.8 Å². The minimum absolute atomic E-state index is 0.564. The number of allylic oxidation sites excluding steroid dienone is 1. The standard InChI is InChI=1S/C13H14N2/c1-2-4-10(5-3-1)12-8-15-13-9-14-7-6-11(12)13/h1-5,8,11,14H,6-7,9H2/t11-/m0/s1. The molecule has 76 valence electrons. The summed E-state index contributed by atoms with van der Waals surface area (Å²) in [5.74, 6) is 0.564. The number of rotatable bonds is 1. The third-order valence-electron chi connectivity index (χ3n) is 3.17. The minimum Gasteiger partial charge on any atom is -0.311 e. The van der Waals surface area contributed by atoms with Gasteiger partial charge in [0.2, 0.25) is 0 Å². The van der Waals surface area contributed by atoms with Crippen molar-refractivity contribution in [2.45, 2.75) is 6.42 Å². The largest absolute Gasteiger partial charge is 0.311 e. The van der Waals surface area contributed by atoms with E-state index in [0.29, 0.717) is 5.92 Å². The quantitative estimate of drug-likeness (QED) is 0.734. The summed E-state index contributed by atoms with van der Waals surface area (Å²) < 4.78 is 0. The zero-order chi connectivity index (χ0) is 10.1. The fourth-order valence-electron chi connectivity index (χ4n) is 2.37. The van der Waals surface area contributed by atoms with E-state index in [1.807, 2.05) is 6.20 Å². The maximum atomic E-state index is 4.51. The van der Waals surface area contributed by atoms with Crippen LogP contribution in [0.5, 0.6) is 0 Å². The molecule has 15 heavy (non-hydrogen) atoms. The van der Waals surface area contributed by atoms with Gasteiger partial charge in [0.05, 0.1) is 0 Å². The maximum absolute atomic E-state index is 4.51. The predicted octanol–water partition coefficient (Wildman–Crippen LogP) is 2.09. The van der Waals surface area contributed by atoms with Gasteiger partial charge in [0.1, 0.15) is 0 Å². The van der Waals surface area contributed by atoms with Crippen molar-refractivity contribution < 1.29 is 0 Å². The second kappa shape index (κ2) is 3.63. The van der Waals surface area contributed by atoms with Crippen LogP contribution in [0, 0.1) is 5.92 Å². The average molecular weight is 198 g/mol. The van der Waals surface area contributed by atoms with Crippen LogP contribution in [0.2, 0.25) is 0 Å². The van der Waals surface area contributed by atoms with E-state index in [9.17, 15) is 0 Å².